The van der Waals surface area contributed by atoms with E-state index in [4.69, 9.17) is 4.43 Å². The van der Waals surface area contributed by atoms with Gasteiger partial charge in [-0.25, -0.2) is 0 Å². The standard InChI is InChI=1S/C24H33IOSi/c1-19(18-25)17-20(2)21(3)26-27(24(4,5)6,22-13-9-7-10-14-22)23-15-11-8-12-16-23/h7-17,20-21H,18H2,1-6H3/b19-17+/t20-,21+/m0/s1. The molecule has 0 bridgehead atoms. The Kier molecular flexibility index (Phi) is 7.90. The molecule has 2 rings (SSSR count). The molecule has 27 heavy (non-hydrogen) atoms. The Bertz CT molecular complexity index is 694. The van der Waals surface area contributed by atoms with Gasteiger partial charge < -0.3 is 4.43 Å². The van der Waals surface area contributed by atoms with Crippen LogP contribution in [-0.4, -0.2) is 18.8 Å². The molecule has 0 aliphatic rings. The molecule has 0 amide bonds. The summed E-state index contributed by atoms with van der Waals surface area (Å²) in [4.78, 5) is 0. The zero-order valence-electron chi connectivity index (χ0n) is 17.5. The van der Waals surface area contributed by atoms with E-state index in [1.807, 2.05) is 0 Å². The van der Waals surface area contributed by atoms with E-state index in [0.29, 0.717) is 5.92 Å². The van der Waals surface area contributed by atoms with Crippen molar-refractivity contribution in [3.63, 3.8) is 0 Å². The molecule has 0 N–H and O–H groups in total. The molecule has 3 heteroatoms. The lowest BCUT2D eigenvalue weighted by Crippen LogP contribution is -2.67. The van der Waals surface area contributed by atoms with Crippen molar-refractivity contribution in [2.24, 2.45) is 5.92 Å². The highest BCUT2D eigenvalue weighted by Gasteiger charge is 2.51. The van der Waals surface area contributed by atoms with Crippen LogP contribution >= 0.6 is 22.6 Å². The summed E-state index contributed by atoms with van der Waals surface area (Å²) < 4.78 is 8.24. The topological polar surface area (TPSA) is 9.23 Å². The predicted octanol–water partition coefficient (Wildman–Crippen LogP) is 5.97. The Labute approximate surface area is 180 Å². The van der Waals surface area contributed by atoms with Crippen LogP contribution in [0.1, 0.15) is 41.5 Å². The Morgan fingerprint density at radius 1 is 0.963 bits per heavy atom. The van der Waals surface area contributed by atoms with Crippen LogP contribution in [-0.2, 0) is 4.43 Å². The maximum Gasteiger partial charge on any atom is 0.261 e. The van der Waals surface area contributed by atoms with Crippen LogP contribution in [0.15, 0.2) is 72.3 Å². The predicted molar refractivity (Wildman–Crippen MR) is 130 cm³/mol. The van der Waals surface area contributed by atoms with Gasteiger partial charge in [0.05, 0.1) is 0 Å². The monoisotopic (exact) mass is 492 g/mol. The molecule has 0 aromatic heterocycles. The van der Waals surface area contributed by atoms with Gasteiger partial charge in [0.2, 0.25) is 0 Å². The summed E-state index contributed by atoms with van der Waals surface area (Å²) in [5.41, 5.74) is 1.42. The smallest absolute Gasteiger partial charge is 0.261 e. The maximum absolute atomic E-state index is 7.17. The van der Waals surface area contributed by atoms with Gasteiger partial charge in [-0.3, -0.25) is 0 Å². The molecule has 0 saturated carbocycles. The van der Waals surface area contributed by atoms with E-state index >= 15 is 0 Å². The first-order valence-corrected chi connectivity index (χ1v) is 13.2. The Morgan fingerprint density at radius 3 is 1.78 bits per heavy atom. The van der Waals surface area contributed by atoms with E-state index in [1.54, 1.807) is 0 Å². The first-order valence-electron chi connectivity index (χ1n) is 9.74. The SMILES string of the molecule is C/C(=C\[C@H](C)[C@@H](C)O[Si](c1ccccc1)(c1ccccc1)C(C)(C)C)CI. The fourth-order valence-electron chi connectivity index (χ4n) is 3.71. The minimum atomic E-state index is -2.47. The lowest BCUT2D eigenvalue weighted by Gasteiger charge is -2.45. The molecule has 1 nitrogen and oxygen atoms in total. The number of benzene rings is 2. The van der Waals surface area contributed by atoms with Crippen molar-refractivity contribution in [3.05, 3.63) is 72.3 Å². The first kappa shape index (κ1) is 22.4. The summed E-state index contributed by atoms with van der Waals surface area (Å²) in [6, 6.07) is 21.8. The second-order valence-electron chi connectivity index (χ2n) is 8.49. The van der Waals surface area contributed by atoms with E-state index in [-0.39, 0.29) is 11.1 Å². The zero-order chi connectivity index (χ0) is 20.1. The van der Waals surface area contributed by atoms with Gasteiger partial charge >= 0.3 is 0 Å². The van der Waals surface area contributed by atoms with Crippen LogP contribution in [0.4, 0.5) is 0 Å². The summed E-state index contributed by atoms with van der Waals surface area (Å²) in [6.07, 6.45) is 2.52. The van der Waals surface area contributed by atoms with Crippen molar-refractivity contribution >= 4 is 41.3 Å². The second kappa shape index (κ2) is 9.53. The number of rotatable bonds is 7. The Morgan fingerprint density at radius 2 is 1.41 bits per heavy atom. The van der Waals surface area contributed by atoms with Gasteiger partial charge in [-0.2, -0.15) is 0 Å². The number of halogens is 1. The fraction of sp³-hybridized carbons (Fsp3) is 0.417. The number of alkyl halides is 1. The molecule has 2 aromatic carbocycles. The second-order valence-corrected chi connectivity index (χ2v) is 13.5. The molecule has 0 heterocycles. The van der Waals surface area contributed by atoms with Crippen molar-refractivity contribution in [2.45, 2.75) is 52.7 Å². The van der Waals surface area contributed by atoms with Crippen molar-refractivity contribution in [1.82, 2.24) is 0 Å². The van der Waals surface area contributed by atoms with Crippen molar-refractivity contribution in [1.29, 1.82) is 0 Å². The molecule has 0 aliphatic heterocycles. The molecule has 0 spiro atoms. The lowest BCUT2D eigenvalue weighted by molar-refractivity contribution is 0.170. The van der Waals surface area contributed by atoms with Gasteiger partial charge in [-0.15, -0.1) is 0 Å². The minimum Gasteiger partial charge on any atom is -0.404 e. The van der Waals surface area contributed by atoms with Gasteiger partial charge in [0, 0.05) is 10.5 Å². The fourth-order valence-corrected chi connectivity index (χ4v) is 8.75. The Hall–Kier alpha value is -0.913. The molecular weight excluding hydrogens is 459 g/mol. The summed E-state index contributed by atoms with van der Waals surface area (Å²) in [7, 11) is -2.47. The molecular formula is C24H33IOSi. The molecule has 0 aliphatic carbocycles. The van der Waals surface area contributed by atoms with Gasteiger partial charge in [0.15, 0.2) is 0 Å². The third-order valence-electron chi connectivity index (χ3n) is 5.28. The Balaban J connectivity index is 2.59. The maximum atomic E-state index is 7.17. The highest BCUT2D eigenvalue weighted by molar-refractivity contribution is 14.1. The highest BCUT2D eigenvalue weighted by Crippen LogP contribution is 2.38. The lowest BCUT2D eigenvalue weighted by atomic mass is 10.0. The zero-order valence-corrected chi connectivity index (χ0v) is 20.7. The van der Waals surface area contributed by atoms with Crippen LogP contribution in [0.5, 0.6) is 0 Å². The first-order chi connectivity index (χ1) is 12.7. The van der Waals surface area contributed by atoms with E-state index in [9.17, 15) is 0 Å². The summed E-state index contributed by atoms with van der Waals surface area (Å²) in [6.45, 7) is 13.7. The van der Waals surface area contributed by atoms with Gasteiger partial charge in [0.1, 0.15) is 0 Å². The molecule has 0 radical (unpaired) electrons. The summed E-state index contributed by atoms with van der Waals surface area (Å²) >= 11 is 2.43. The number of hydrogen-bond acceptors (Lipinski definition) is 1. The van der Waals surface area contributed by atoms with Crippen molar-refractivity contribution < 1.29 is 4.43 Å². The molecule has 2 aromatic rings. The van der Waals surface area contributed by atoms with E-state index in [0.717, 1.165) is 4.43 Å². The molecule has 0 saturated heterocycles. The van der Waals surface area contributed by atoms with E-state index < -0.39 is 8.32 Å². The van der Waals surface area contributed by atoms with Gasteiger partial charge in [-0.1, -0.05) is 123 Å². The van der Waals surface area contributed by atoms with Crippen LogP contribution in [0.2, 0.25) is 5.04 Å². The molecule has 0 unspecified atom stereocenters. The number of hydrogen-bond donors (Lipinski definition) is 0. The van der Waals surface area contributed by atoms with Crippen molar-refractivity contribution in [2.75, 3.05) is 4.43 Å². The van der Waals surface area contributed by atoms with Crippen LogP contribution in [0.3, 0.4) is 0 Å². The minimum absolute atomic E-state index is 0.0196. The third-order valence-corrected chi connectivity index (χ3v) is 11.6. The molecule has 146 valence electrons. The summed E-state index contributed by atoms with van der Waals surface area (Å²) in [5, 5.41) is 2.71. The van der Waals surface area contributed by atoms with E-state index in [2.05, 4.69) is 131 Å². The van der Waals surface area contributed by atoms with E-state index in [1.165, 1.54) is 15.9 Å². The van der Waals surface area contributed by atoms with Crippen LogP contribution in [0.25, 0.3) is 0 Å². The van der Waals surface area contributed by atoms with Gasteiger partial charge in [-0.05, 0) is 35.2 Å². The molecule has 2 atom stereocenters. The average molecular weight is 493 g/mol. The third kappa shape index (κ3) is 5.12. The van der Waals surface area contributed by atoms with Crippen molar-refractivity contribution in [3.8, 4) is 0 Å². The normalized spacial score (nSPS) is 15.4. The average Bonchev–Trinajstić information content (AvgIpc) is 2.66. The summed E-state index contributed by atoms with van der Waals surface area (Å²) in [5.74, 6) is 0.376. The van der Waals surface area contributed by atoms with Crippen LogP contribution < -0.4 is 10.4 Å². The largest absolute Gasteiger partial charge is 0.404 e. The molecule has 0 fully saturated rings. The number of allylic oxidation sites excluding steroid dienone is 1. The van der Waals surface area contributed by atoms with Gasteiger partial charge in [0.25, 0.3) is 8.32 Å². The quantitative estimate of drug-likeness (QED) is 0.200. The van der Waals surface area contributed by atoms with Crippen LogP contribution in [0, 0.1) is 5.92 Å². The highest BCUT2D eigenvalue weighted by atomic mass is 127.